The van der Waals surface area contributed by atoms with Gasteiger partial charge in [0.2, 0.25) is 11.6 Å². The molecule has 3 aromatic heterocycles. The van der Waals surface area contributed by atoms with E-state index in [1.807, 2.05) is 31.3 Å². The van der Waals surface area contributed by atoms with Crippen molar-refractivity contribution in [2.75, 3.05) is 30.3 Å². The fraction of sp³-hybridized carbons (Fsp3) is 0.227. The minimum Gasteiger partial charge on any atom is -0.493 e. The molecule has 5 rings (SSSR count). The van der Waals surface area contributed by atoms with Crippen molar-refractivity contribution in [2.45, 2.75) is 13.3 Å². The number of ether oxygens (including phenoxy) is 1. The number of hydrogen-bond acceptors (Lipinski definition) is 7. The van der Waals surface area contributed by atoms with Crippen LogP contribution in [0.25, 0.3) is 22.3 Å². The first kappa shape index (κ1) is 18.2. The van der Waals surface area contributed by atoms with E-state index in [0.717, 1.165) is 17.6 Å². The van der Waals surface area contributed by atoms with Crippen molar-refractivity contribution >= 4 is 22.5 Å². The summed E-state index contributed by atoms with van der Waals surface area (Å²) in [7, 11) is 0. The Kier molecular flexibility index (Phi) is 4.59. The fourth-order valence-corrected chi connectivity index (χ4v) is 3.64. The van der Waals surface area contributed by atoms with Gasteiger partial charge in [0.15, 0.2) is 17.5 Å². The molecule has 4 aromatic rings. The van der Waals surface area contributed by atoms with Gasteiger partial charge >= 0.3 is 0 Å². The maximum absolute atomic E-state index is 10.3. The van der Waals surface area contributed by atoms with Gasteiger partial charge in [0, 0.05) is 29.3 Å². The molecular formula is C22H22N6O2. The number of H-pyrrole nitrogens is 1. The minimum absolute atomic E-state index is 0.0866. The van der Waals surface area contributed by atoms with E-state index < -0.39 is 0 Å². The van der Waals surface area contributed by atoms with Gasteiger partial charge in [0.25, 0.3) is 0 Å². The van der Waals surface area contributed by atoms with Crippen LogP contribution >= 0.6 is 0 Å². The molecule has 0 atom stereocenters. The summed E-state index contributed by atoms with van der Waals surface area (Å²) in [5.74, 6) is 2.12. The van der Waals surface area contributed by atoms with Gasteiger partial charge in [-0.3, -0.25) is 0 Å². The SMILES string of the molecule is Cc1ccc(-c2nc3c(c(NCCc4c[nH]c5ccccc45)n2)OCCN3)c(O)n1. The second-order valence-electron chi connectivity index (χ2n) is 7.21. The smallest absolute Gasteiger partial charge is 0.222 e. The van der Waals surface area contributed by atoms with Gasteiger partial charge in [0.05, 0.1) is 12.1 Å². The lowest BCUT2D eigenvalue weighted by atomic mass is 10.1. The molecule has 8 heteroatoms. The van der Waals surface area contributed by atoms with Crippen LogP contribution in [0, 0.1) is 6.92 Å². The quantitative estimate of drug-likeness (QED) is 0.405. The first-order valence-corrected chi connectivity index (χ1v) is 9.93. The molecule has 1 aliphatic rings. The molecule has 0 amide bonds. The molecule has 0 aliphatic carbocycles. The summed E-state index contributed by atoms with van der Waals surface area (Å²) in [4.78, 5) is 16.6. The number of fused-ring (bicyclic) bond motifs is 2. The number of nitrogens with zero attached hydrogens (tertiary/aromatic N) is 3. The molecule has 4 heterocycles. The average Bonchev–Trinajstić information content (AvgIpc) is 3.17. The molecule has 0 fully saturated rings. The predicted octanol–water partition coefficient (Wildman–Crippen LogP) is 3.49. The van der Waals surface area contributed by atoms with E-state index in [0.29, 0.717) is 48.5 Å². The Bertz CT molecular complexity index is 1220. The lowest BCUT2D eigenvalue weighted by Crippen LogP contribution is -2.21. The van der Waals surface area contributed by atoms with E-state index in [1.165, 1.54) is 10.9 Å². The molecule has 8 nitrogen and oxygen atoms in total. The Balaban J connectivity index is 1.43. The number of aromatic amines is 1. The number of aryl methyl sites for hydroxylation is 1. The van der Waals surface area contributed by atoms with Crippen LogP contribution in [-0.2, 0) is 6.42 Å². The topological polar surface area (TPSA) is 108 Å². The standard InChI is InChI=1S/C22H22N6O2/c1-13-6-7-16(22(29)26-13)19-27-20(18-21(28-19)24-10-11-30-18)23-9-8-14-12-25-17-5-3-2-4-15(14)17/h2-7,12,25H,8-11H2,1H3,(H,26,29)(H2,23,24,27,28). The molecule has 30 heavy (non-hydrogen) atoms. The number of pyridine rings is 1. The van der Waals surface area contributed by atoms with Gasteiger partial charge in [-0.15, -0.1) is 0 Å². The van der Waals surface area contributed by atoms with Crippen molar-refractivity contribution in [2.24, 2.45) is 0 Å². The van der Waals surface area contributed by atoms with E-state index in [2.05, 4.69) is 42.7 Å². The zero-order valence-electron chi connectivity index (χ0n) is 16.6. The Morgan fingerprint density at radius 2 is 2.03 bits per heavy atom. The molecule has 152 valence electrons. The zero-order chi connectivity index (χ0) is 20.5. The minimum atomic E-state index is -0.0866. The molecule has 0 unspecified atom stereocenters. The molecule has 0 spiro atoms. The highest BCUT2D eigenvalue weighted by atomic mass is 16.5. The highest BCUT2D eigenvalue weighted by molar-refractivity contribution is 5.83. The number of benzene rings is 1. The second kappa shape index (κ2) is 7.55. The van der Waals surface area contributed by atoms with Crippen molar-refractivity contribution in [3.63, 3.8) is 0 Å². The van der Waals surface area contributed by atoms with Crippen molar-refractivity contribution in [3.05, 3.63) is 53.9 Å². The Morgan fingerprint density at radius 3 is 2.93 bits per heavy atom. The van der Waals surface area contributed by atoms with Crippen molar-refractivity contribution in [1.82, 2.24) is 19.9 Å². The van der Waals surface area contributed by atoms with Crippen LogP contribution in [0.5, 0.6) is 11.6 Å². The van der Waals surface area contributed by atoms with Crippen molar-refractivity contribution in [3.8, 4) is 23.0 Å². The van der Waals surface area contributed by atoms with Crippen LogP contribution in [0.1, 0.15) is 11.3 Å². The third-order valence-electron chi connectivity index (χ3n) is 5.12. The molecule has 0 saturated carbocycles. The Labute approximate surface area is 173 Å². The summed E-state index contributed by atoms with van der Waals surface area (Å²) < 4.78 is 5.82. The average molecular weight is 402 g/mol. The molecule has 0 radical (unpaired) electrons. The molecule has 4 N–H and O–H groups in total. The van der Waals surface area contributed by atoms with Gasteiger partial charge in [-0.05, 0) is 37.1 Å². The van der Waals surface area contributed by atoms with Gasteiger partial charge in [-0.1, -0.05) is 18.2 Å². The number of aromatic nitrogens is 4. The van der Waals surface area contributed by atoms with E-state index in [4.69, 9.17) is 4.74 Å². The number of nitrogens with one attached hydrogen (secondary N) is 3. The molecule has 1 aromatic carbocycles. The third-order valence-corrected chi connectivity index (χ3v) is 5.12. The monoisotopic (exact) mass is 402 g/mol. The van der Waals surface area contributed by atoms with E-state index in [-0.39, 0.29) is 5.88 Å². The fourth-order valence-electron chi connectivity index (χ4n) is 3.64. The Morgan fingerprint density at radius 1 is 1.13 bits per heavy atom. The number of hydrogen-bond donors (Lipinski definition) is 4. The van der Waals surface area contributed by atoms with Gasteiger partial charge < -0.3 is 25.5 Å². The van der Waals surface area contributed by atoms with E-state index in [1.54, 1.807) is 6.07 Å². The third kappa shape index (κ3) is 3.36. The largest absolute Gasteiger partial charge is 0.493 e. The summed E-state index contributed by atoms with van der Waals surface area (Å²) in [5.41, 5.74) is 3.58. The molecule has 0 saturated heterocycles. The second-order valence-corrected chi connectivity index (χ2v) is 7.21. The normalized spacial score (nSPS) is 12.8. The van der Waals surface area contributed by atoms with E-state index >= 15 is 0 Å². The number of rotatable bonds is 5. The zero-order valence-corrected chi connectivity index (χ0v) is 16.6. The highest BCUT2D eigenvalue weighted by Crippen LogP contribution is 2.36. The molecular weight excluding hydrogens is 380 g/mol. The van der Waals surface area contributed by atoms with Crippen LogP contribution in [0.2, 0.25) is 0 Å². The van der Waals surface area contributed by atoms with Crippen molar-refractivity contribution < 1.29 is 9.84 Å². The predicted molar refractivity (Wildman–Crippen MR) is 116 cm³/mol. The first-order valence-electron chi connectivity index (χ1n) is 9.93. The molecule has 1 aliphatic heterocycles. The molecule has 0 bridgehead atoms. The van der Waals surface area contributed by atoms with Crippen LogP contribution in [0.3, 0.4) is 0 Å². The van der Waals surface area contributed by atoms with E-state index in [9.17, 15) is 5.11 Å². The van der Waals surface area contributed by atoms with Gasteiger partial charge in [-0.25, -0.2) is 15.0 Å². The summed E-state index contributed by atoms with van der Waals surface area (Å²) in [6.07, 6.45) is 2.87. The van der Waals surface area contributed by atoms with Gasteiger partial charge in [-0.2, -0.15) is 0 Å². The van der Waals surface area contributed by atoms with Crippen LogP contribution in [-0.4, -0.2) is 44.7 Å². The number of anilines is 2. The van der Waals surface area contributed by atoms with Gasteiger partial charge in [0.1, 0.15) is 6.61 Å². The summed E-state index contributed by atoms with van der Waals surface area (Å²) in [6.45, 7) is 3.71. The number of aromatic hydroxyl groups is 1. The maximum atomic E-state index is 10.3. The summed E-state index contributed by atoms with van der Waals surface area (Å²) >= 11 is 0. The van der Waals surface area contributed by atoms with Crippen LogP contribution in [0.4, 0.5) is 11.6 Å². The highest BCUT2D eigenvalue weighted by Gasteiger charge is 2.21. The summed E-state index contributed by atoms with van der Waals surface area (Å²) in [6, 6.07) is 11.9. The summed E-state index contributed by atoms with van der Waals surface area (Å²) in [5, 5.41) is 18.1. The van der Waals surface area contributed by atoms with Crippen LogP contribution in [0.15, 0.2) is 42.6 Å². The maximum Gasteiger partial charge on any atom is 0.222 e. The van der Waals surface area contributed by atoms with Crippen molar-refractivity contribution in [1.29, 1.82) is 0 Å². The van der Waals surface area contributed by atoms with Crippen LogP contribution < -0.4 is 15.4 Å². The lowest BCUT2D eigenvalue weighted by Gasteiger charge is -2.21. The lowest BCUT2D eigenvalue weighted by molar-refractivity contribution is 0.321. The first-order chi connectivity index (χ1) is 14.7. The number of para-hydroxylation sites is 1. The Hall–Kier alpha value is -3.81.